The third-order valence-electron chi connectivity index (χ3n) is 4.17. The van der Waals surface area contributed by atoms with E-state index in [0.717, 1.165) is 13.0 Å². The van der Waals surface area contributed by atoms with Gasteiger partial charge in [0.1, 0.15) is 0 Å². The highest BCUT2D eigenvalue weighted by molar-refractivity contribution is 5.88. The minimum atomic E-state index is 0.135. The molecule has 1 heterocycles. The quantitative estimate of drug-likeness (QED) is 0.881. The first-order chi connectivity index (χ1) is 8.38. The summed E-state index contributed by atoms with van der Waals surface area (Å²) in [7, 11) is 2.14. The summed E-state index contributed by atoms with van der Waals surface area (Å²) >= 11 is 0. The highest BCUT2D eigenvalue weighted by atomic mass is 14.9. The van der Waals surface area contributed by atoms with E-state index >= 15 is 0 Å². The van der Waals surface area contributed by atoms with Crippen molar-refractivity contribution in [1.29, 1.82) is 0 Å². The van der Waals surface area contributed by atoms with E-state index in [1.165, 1.54) is 27.6 Å². The summed E-state index contributed by atoms with van der Waals surface area (Å²) < 4.78 is 2.26. The molecule has 18 heavy (non-hydrogen) atoms. The van der Waals surface area contributed by atoms with Crippen LogP contribution in [-0.2, 0) is 12.5 Å². The summed E-state index contributed by atoms with van der Waals surface area (Å²) in [4.78, 5) is 0. The van der Waals surface area contributed by atoms with E-state index in [2.05, 4.69) is 57.6 Å². The lowest BCUT2D eigenvalue weighted by atomic mass is 9.81. The smallest absolute Gasteiger partial charge is 0.0513 e. The van der Waals surface area contributed by atoms with Crippen molar-refractivity contribution in [1.82, 2.24) is 4.57 Å². The van der Waals surface area contributed by atoms with Crippen LogP contribution in [0, 0.1) is 13.8 Å². The number of aryl methyl sites for hydroxylation is 3. The van der Waals surface area contributed by atoms with Crippen molar-refractivity contribution in [2.75, 3.05) is 6.54 Å². The molecule has 2 rings (SSSR count). The Hall–Kier alpha value is -1.28. The van der Waals surface area contributed by atoms with Crippen LogP contribution >= 0.6 is 0 Å². The van der Waals surface area contributed by atoms with Gasteiger partial charge in [0.05, 0.1) is 5.52 Å². The Kier molecular flexibility index (Phi) is 3.24. The number of rotatable bonds is 3. The molecule has 2 heteroatoms. The van der Waals surface area contributed by atoms with E-state index in [1.54, 1.807) is 0 Å². The second-order valence-electron chi connectivity index (χ2n) is 5.98. The fourth-order valence-electron chi connectivity index (χ4n) is 2.84. The zero-order valence-electron chi connectivity index (χ0n) is 12.2. The van der Waals surface area contributed by atoms with Crippen LogP contribution < -0.4 is 5.73 Å². The summed E-state index contributed by atoms with van der Waals surface area (Å²) in [6, 6.07) is 4.48. The Bertz CT molecular complexity index is 576. The van der Waals surface area contributed by atoms with Crippen LogP contribution in [0.3, 0.4) is 0 Å². The van der Waals surface area contributed by atoms with Gasteiger partial charge in [0.15, 0.2) is 0 Å². The standard InChI is InChI=1S/C16H24N2/c1-11-6-7-13-14(16(3,4)8-9-17)10-18(5)15(13)12(11)2/h6-7,10H,8-9,17H2,1-5H3. The first-order valence-corrected chi connectivity index (χ1v) is 6.64. The largest absolute Gasteiger partial charge is 0.350 e. The number of benzene rings is 1. The molecule has 2 N–H and O–H groups in total. The first-order valence-electron chi connectivity index (χ1n) is 6.64. The topological polar surface area (TPSA) is 30.9 Å². The molecule has 0 saturated carbocycles. The summed E-state index contributed by atoms with van der Waals surface area (Å²) in [6.45, 7) is 9.67. The molecule has 0 saturated heterocycles. The highest BCUT2D eigenvalue weighted by Gasteiger charge is 2.24. The fourth-order valence-corrected chi connectivity index (χ4v) is 2.84. The van der Waals surface area contributed by atoms with Gasteiger partial charge in [-0.25, -0.2) is 0 Å². The maximum atomic E-state index is 5.75. The van der Waals surface area contributed by atoms with Crippen LogP contribution in [0.25, 0.3) is 10.9 Å². The molecule has 0 fully saturated rings. The molecule has 0 atom stereocenters. The molecule has 1 aromatic carbocycles. The van der Waals surface area contributed by atoms with Crippen LogP contribution in [0.15, 0.2) is 18.3 Å². The maximum Gasteiger partial charge on any atom is 0.0513 e. The van der Waals surface area contributed by atoms with Crippen LogP contribution in [0.5, 0.6) is 0 Å². The SMILES string of the molecule is Cc1ccc2c(C(C)(C)CCN)cn(C)c2c1C. The lowest BCUT2D eigenvalue weighted by molar-refractivity contribution is 0.490. The van der Waals surface area contributed by atoms with Gasteiger partial charge in [0.2, 0.25) is 0 Å². The molecule has 0 unspecified atom stereocenters. The average Bonchev–Trinajstić information content (AvgIpc) is 2.62. The Labute approximate surface area is 110 Å². The fraction of sp³-hybridized carbons (Fsp3) is 0.500. The molecule has 0 radical (unpaired) electrons. The van der Waals surface area contributed by atoms with E-state index in [4.69, 9.17) is 5.73 Å². The molecule has 2 nitrogen and oxygen atoms in total. The van der Waals surface area contributed by atoms with Gasteiger partial charge in [-0.15, -0.1) is 0 Å². The molecule has 98 valence electrons. The van der Waals surface area contributed by atoms with Crippen LogP contribution in [0.4, 0.5) is 0 Å². The van der Waals surface area contributed by atoms with Gasteiger partial charge in [-0.05, 0) is 48.9 Å². The molecular weight excluding hydrogens is 220 g/mol. The van der Waals surface area contributed by atoms with Crippen LogP contribution in [-0.4, -0.2) is 11.1 Å². The van der Waals surface area contributed by atoms with Crippen molar-refractivity contribution in [3.05, 3.63) is 35.0 Å². The van der Waals surface area contributed by atoms with E-state index in [1.807, 2.05) is 0 Å². The first kappa shape index (κ1) is 13.2. The molecule has 0 aliphatic heterocycles. The zero-order valence-corrected chi connectivity index (χ0v) is 12.2. The van der Waals surface area contributed by atoms with Crippen LogP contribution in [0.2, 0.25) is 0 Å². The monoisotopic (exact) mass is 244 g/mol. The van der Waals surface area contributed by atoms with Crippen molar-refractivity contribution in [2.45, 2.75) is 39.5 Å². The number of nitrogens with zero attached hydrogens (tertiary/aromatic N) is 1. The van der Waals surface area contributed by atoms with Gasteiger partial charge >= 0.3 is 0 Å². The second kappa shape index (κ2) is 4.43. The van der Waals surface area contributed by atoms with Gasteiger partial charge in [-0.3, -0.25) is 0 Å². The van der Waals surface area contributed by atoms with Crippen molar-refractivity contribution in [2.24, 2.45) is 12.8 Å². The second-order valence-corrected chi connectivity index (χ2v) is 5.98. The van der Waals surface area contributed by atoms with Crippen molar-refractivity contribution >= 4 is 10.9 Å². The molecular formula is C16H24N2. The Morgan fingerprint density at radius 1 is 1.22 bits per heavy atom. The molecule has 0 aliphatic rings. The minimum absolute atomic E-state index is 0.135. The molecule has 0 aliphatic carbocycles. The molecule has 0 amide bonds. The average molecular weight is 244 g/mol. The minimum Gasteiger partial charge on any atom is -0.350 e. The van der Waals surface area contributed by atoms with E-state index < -0.39 is 0 Å². The highest BCUT2D eigenvalue weighted by Crippen LogP contribution is 2.35. The lowest BCUT2D eigenvalue weighted by Gasteiger charge is -2.23. The summed E-state index contributed by atoms with van der Waals surface area (Å²) in [5.74, 6) is 0. The summed E-state index contributed by atoms with van der Waals surface area (Å²) in [5, 5.41) is 1.37. The molecule has 1 aromatic heterocycles. The molecule has 0 spiro atoms. The lowest BCUT2D eigenvalue weighted by Crippen LogP contribution is -2.21. The number of nitrogens with two attached hydrogens (primary N) is 1. The van der Waals surface area contributed by atoms with Gasteiger partial charge in [0, 0.05) is 18.6 Å². The zero-order chi connectivity index (χ0) is 13.5. The molecule has 0 bridgehead atoms. The number of hydrogen-bond acceptors (Lipinski definition) is 1. The normalized spacial score (nSPS) is 12.3. The Balaban J connectivity index is 2.72. The molecule has 2 aromatic rings. The third kappa shape index (κ3) is 1.95. The van der Waals surface area contributed by atoms with Gasteiger partial charge in [-0.1, -0.05) is 26.0 Å². The summed E-state index contributed by atoms with van der Waals surface area (Å²) in [5.41, 5.74) is 11.4. The number of fused-ring (bicyclic) bond motifs is 1. The van der Waals surface area contributed by atoms with Gasteiger partial charge in [0.25, 0.3) is 0 Å². The number of hydrogen-bond donors (Lipinski definition) is 1. The predicted octanol–water partition coefficient (Wildman–Crippen LogP) is 3.42. The van der Waals surface area contributed by atoms with Crippen molar-refractivity contribution in [3.8, 4) is 0 Å². The predicted molar refractivity (Wildman–Crippen MR) is 79.1 cm³/mol. The third-order valence-corrected chi connectivity index (χ3v) is 4.17. The van der Waals surface area contributed by atoms with Crippen molar-refractivity contribution in [3.63, 3.8) is 0 Å². The Morgan fingerprint density at radius 3 is 2.50 bits per heavy atom. The van der Waals surface area contributed by atoms with E-state index in [0.29, 0.717) is 0 Å². The van der Waals surface area contributed by atoms with Gasteiger partial charge < -0.3 is 10.3 Å². The van der Waals surface area contributed by atoms with Gasteiger partial charge in [-0.2, -0.15) is 0 Å². The summed E-state index contributed by atoms with van der Waals surface area (Å²) in [6.07, 6.45) is 3.28. The number of aromatic nitrogens is 1. The maximum absolute atomic E-state index is 5.75. The van der Waals surface area contributed by atoms with Crippen LogP contribution in [0.1, 0.15) is 37.0 Å². The van der Waals surface area contributed by atoms with Crippen molar-refractivity contribution < 1.29 is 0 Å². The van der Waals surface area contributed by atoms with E-state index in [9.17, 15) is 0 Å². The van der Waals surface area contributed by atoms with E-state index in [-0.39, 0.29) is 5.41 Å². The Morgan fingerprint density at radius 2 is 1.89 bits per heavy atom.